The van der Waals surface area contributed by atoms with E-state index in [4.69, 9.17) is 14.2 Å². The number of hydrogen-bond donors (Lipinski definition) is 0. The molecule has 7 aliphatic heterocycles. The van der Waals surface area contributed by atoms with Crippen molar-refractivity contribution in [3.8, 4) is 11.5 Å². The van der Waals surface area contributed by atoms with Gasteiger partial charge in [0.25, 0.3) is 0 Å². The van der Waals surface area contributed by atoms with Gasteiger partial charge in [-0.05, 0) is 96.5 Å². The summed E-state index contributed by atoms with van der Waals surface area (Å²) in [7, 11) is 0. The van der Waals surface area contributed by atoms with Gasteiger partial charge in [-0.2, -0.15) is 0 Å². The lowest BCUT2D eigenvalue weighted by Crippen LogP contribution is -2.62. The monoisotopic (exact) mass is 656 g/mol. The smallest absolute Gasteiger partial charge is 0.325 e. The molecule has 250 valence electrons. The van der Waals surface area contributed by atoms with Gasteiger partial charge in [-0.25, -0.2) is 9.59 Å². The molecule has 2 fully saturated rings. The van der Waals surface area contributed by atoms with Crippen molar-refractivity contribution in [1.82, 2.24) is 19.6 Å². The number of ether oxygens (including phenoxy) is 3. The van der Waals surface area contributed by atoms with E-state index < -0.39 is 11.3 Å². The van der Waals surface area contributed by atoms with E-state index in [1.165, 1.54) is 0 Å². The summed E-state index contributed by atoms with van der Waals surface area (Å²) in [5.74, 6) is 1.40. The van der Waals surface area contributed by atoms with Crippen LogP contribution in [0.5, 0.6) is 11.5 Å². The number of hydrogen-bond acceptors (Lipinski definition) is 5. The van der Waals surface area contributed by atoms with Crippen molar-refractivity contribution in [2.75, 3.05) is 26.4 Å². The summed E-state index contributed by atoms with van der Waals surface area (Å²) < 4.78 is 17.9. The van der Waals surface area contributed by atoms with Crippen LogP contribution in [0, 0.1) is 27.7 Å². The van der Waals surface area contributed by atoms with Gasteiger partial charge in [0, 0.05) is 11.1 Å². The van der Waals surface area contributed by atoms with Gasteiger partial charge in [-0.1, -0.05) is 48.5 Å². The Morgan fingerprint density at radius 1 is 0.469 bits per heavy atom. The average molecular weight is 657 g/mol. The normalized spacial score (nSPS) is 24.0. The molecule has 0 aliphatic carbocycles. The number of carbonyl (C=O) groups is 2. The van der Waals surface area contributed by atoms with Crippen LogP contribution in [-0.4, -0.2) is 58.1 Å². The van der Waals surface area contributed by atoms with Gasteiger partial charge in [-0.15, -0.1) is 0 Å². The maximum absolute atomic E-state index is 15.4. The topological polar surface area (TPSA) is 74.8 Å². The van der Waals surface area contributed by atoms with Crippen molar-refractivity contribution >= 4 is 12.1 Å². The van der Waals surface area contributed by atoms with Gasteiger partial charge in [0.1, 0.15) is 24.7 Å². The highest BCUT2D eigenvalue weighted by atomic mass is 16.5. The first kappa shape index (κ1) is 30.1. The molecule has 2 saturated heterocycles. The van der Waals surface area contributed by atoms with E-state index in [0.717, 1.165) is 55.6 Å². The number of benzene rings is 4. The predicted octanol–water partition coefficient (Wildman–Crippen LogP) is 6.62. The van der Waals surface area contributed by atoms with Crippen molar-refractivity contribution in [3.63, 3.8) is 0 Å². The van der Waals surface area contributed by atoms with Crippen molar-refractivity contribution in [2.24, 2.45) is 0 Å². The number of amides is 4. The van der Waals surface area contributed by atoms with Gasteiger partial charge in [0.05, 0.1) is 39.4 Å². The second-order valence-corrected chi connectivity index (χ2v) is 14.0. The molecule has 0 radical (unpaired) electrons. The predicted molar refractivity (Wildman–Crippen MR) is 183 cm³/mol. The fraction of sp³-hybridized carbons (Fsp3) is 0.350. The molecule has 0 unspecified atom stereocenters. The van der Waals surface area contributed by atoms with E-state index in [0.29, 0.717) is 64.1 Å². The third-order valence-corrected chi connectivity index (χ3v) is 11.4. The quantitative estimate of drug-likeness (QED) is 0.213. The molecule has 0 atom stereocenters. The largest absolute Gasteiger partial charge is 0.491 e. The van der Waals surface area contributed by atoms with E-state index >= 15 is 9.59 Å². The molecule has 9 nitrogen and oxygen atoms in total. The summed E-state index contributed by atoms with van der Waals surface area (Å²) >= 11 is 0. The van der Waals surface area contributed by atoms with Crippen molar-refractivity contribution in [1.29, 1.82) is 0 Å². The number of nitrogens with zero attached hydrogens (tertiary/aromatic N) is 4. The van der Waals surface area contributed by atoms with Crippen LogP contribution < -0.4 is 9.47 Å². The van der Waals surface area contributed by atoms with Gasteiger partial charge in [0.2, 0.25) is 0 Å². The highest BCUT2D eigenvalue weighted by Gasteiger charge is 2.80. The van der Waals surface area contributed by atoms with E-state index in [9.17, 15) is 0 Å². The fourth-order valence-corrected chi connectivity index (χ4v) is 8.89. The summed E-state index contributed by atoms with van der Waals surface area (Å²) in [5, 5.41) is 0. The maximum atomic E-state index is 15.4. The lowest BCUT2D eigenvalue weighted by atomic mass is 9.79. The Morgan fingerprint density at radius 2 is 0.776 bits per heavy atom. The Morgan fingerprint density at radius 3 is 1.08 bits per heavy atom. The summed E-state index contributed by atoms with van der Waals surface area (Å²) in [6, 6.07) is 24.6. The molecule has 7 aliphatic rings. The lowest BCUT2D eigenvalue weighted by molar-refractivity contribution is -0.0793. The number of carbonyl (C=O) groups excluding carboxylic acids is 2. The van der Waals surface area contributed by atoms with Gasteiger partial charge >= 0.3 is 12.1 Å². The molecular formula is C40H40N4O5. The third-order valence-electron chi connectivity index (χ3n) is 11.4. The molecule has 4 bridgehead atoms. The molecule has 49 heavy (non-hydrogen) atoms. The second-order valence-electron chi connectivity index (χ2n) is 14.0. The second kappa shape index (κ2) is 10.7. The third kappa shape index (κ3) is 4.02. The van der Waals surface area contributed by atoms with Crippen LogP contribution in [0.2, 0.25) is 0 Å². The minimum atomic E-state index is -1.22. The number of rotatable bonds is 0. The van der Waals surface area contributed by atoms with Crippen LogP contribution in [0.3, 0.4) is 0 Å². The van der Waals surface area contributed by atoms with Crippen molar-refractivity contribution in [2.45, 2.75) is 65.2 Å². The Bertz CT molecular complexity index is 1800. The van der Waals surface area contributed by atoms with Crippen LogP contribution >= 0.6 is 0 Å². The molecule has 7 heterocycles. The average Bonchev–Trinajstić information content (AvgIpc) is 3.25. The Kier molecular flexibility index (Phi) is 6.59. The van der Waals surface area contributed by atoms with Crippen LogP contribution in [0.25, 0.3) is 0 Å². The summed E-state index contributed by atoms with van der Waals surface area (Å²) in [6.07, 6.45) is 0. The minimum Gasteiger partial charge on any atom is -0.491 e. The molecule has 4 aromatic rings. The highest BCUT2D eigenvalue weighted by Crippen LogP contribution is 2.65. The Hall–Kier alpha value is -5.02. The van der Waals surface area contributed by atoms with E-state index in [1.807, 2.05) is 68.1 Å². The molecule has 0 saturated carbocycles. The van der Waals surface area contributed by atoms with Crippen LogP contribution in [-0.2, 0) is 42.2 Å². The van der Waals surface area contributed by atoms with Crippen LogP contribution in [0.1, 0.15) is 55.6 Å². The molecule has 4 amide bonds. The van der Waals surface area contributed by atoms with Crippen molar-refractivity contribution < 1.29 is 23.8 Å². The Labute approximate surface area is 286 Å². The SMILES string of the molecule is Cc1cc2c(cc1C)CN1C(=O)N3Cc4cc(C)c(C)cc4CN4C(=O)N(C2)C12c1ccc(cc1)OCCOCCOc1ccc(cc1)C432. The zero-order chi connectivity index (χ0) is 33.7. The molecule has 9 heteroatoms. The lowest BCUT2D eigenvalue weighted by Gasteiger charge is -2.49. The van der Waals surface area contributed by atoms with Gasteiger partial charge in [-0.3, -0.25) is 19.6 Å². The van der Waals surface area contributed by atoms with Gasteiger partial charge < -0.3 is 14.2 Å². The number of fused-ring (bicyclic) bond motifs is 4. The fourth-order valence-electron chi connectivity index (χ4n) is 8.89. The molecule has 2 spiro atoms. The van der Waals surface area contributed by atoms with E-state index in [2.05, 4.69) is 52.0 Å². The molecule has 11 rings (SSSR count). The number of aryl methyl sites for hydroxylation is 4. The summed E-state index contributed by atoms with van der Waals surface area (Å²) in [4.78, 5) is 38.8. The first-order chi connectivity index (χ1) is 23.7. The van der Waals surface area contributed by atoms with Crippen LogP contribution in [0.15, 0.2) is 72.8 Å². The molecule has 0 aromatic heterocycles. The molecule has 0 N–H and O–H groups in total. The summed E-state index contributed by atoms with van der Waals surface area (Å²) in [6.45, 7) is 11.5. The first-order valence-electron chi connectivity index (χ1n) is 17.1. The molecular weight excluding hydrogens is 616 g/mol. The molecule has 4 aromatic carbocycles. The standard InChI is InChI=1S/C40H40N4O5/c1-25-17-29-21-41-37(45)43-23-31-19-27(3)28(4)20-32(31)24-44-38(46)42(22-30(29)18-26(25)2)39(41)33-5-9-35(10-6-33)48-15-13-47-14-16-49-36-11-7-34(8-12-36)40(39,43)44/h5-12,17-20H,13-16,21-24H2,1-4H3. The minimum absolute atomic E-state index is 0.105. The van der Waals surface area contributed by atoms with E-state index in [1.54, 1.807) is 0 Å². The Balaban J connectivity index is 1.37. The maximum Gasteiger partial charge on any atom is 0.325 e. The van der Waals surface area contributed by atoms with E-state index in [-0.39, 0.29) is 12.1 Å². The van der Waals surface area contributed by atoms with Crippen LogP contribution in [0.4, 0.5) is 9.59 Å². The highest BCUT2D eigenvalue weighted by molar-refractivity contribution is 5.90. The zero-order valence-corrected chi connectivity index (χ0v) is 28.4. The zero-order valence-electron chi connectivity index (χ0n) is 28.4. The number of urea groups is 2. The van der Waals surface area contributed by atoms with Gasteiger partial charge in [0.15, 0.2) is 11.3 Å². The summed E-state index contributed by atoms with van der Waals surface area (Å²) in [5.41, 5.74) is 8.18. The first-order valence-corrected chi connectivity index (χ1v) is 17.1. The van der Waals surface area contributed by atoms with Crippen molar-refractivity contribution in [3.05, 3.63) is 128 Å².